The summed E-state index contributed by atoms with van der Waals surface area (Å²) in [4.78, 5) is 4.32. The van der Waals surface area contributed by atoms with Gasteiger partial charge in [-0.3, -0.25) is 4.98 Å². The minimum Gasteiger partial charge on any atom is -0.495 e. The molecule has 0 atom stereocenters. The van der Waals surface area contributed by atoms with Crippen molar-refractivity contribution < 1.29 is 4.74 Å². The van der Waals surface area contributed by atoms with E-state index < -0.39 is 0 Å². The first-order chi connectivity index (χ1) is 11.2. The highest BCUT2D eigenvalue weighted by Crippen LogP contribution is 2.26. The Morgan fingerprint density at radius 3 is 2.83 bits per heavy atom. The molecule has 2 aromatic carbocycles. The van der Waals surface area contributed by atoms with Crippen LogP contribution in [0.2, 0.25) is 5.02 Å². The van der Waals surface area contributed by atoms with Gasteiger partial charge in [0.25, 0.3) is 0 Å². The van der Waals surface area contributed by atoms with Crippen LogP contribution in [0.15, 0.2) is 48.7 Å². The summed E-state index contributed by atoms with van der Waals surface area (Å²) in [7, 11) is 1.59. The second-order valence-electron chi connectivity index (χ2n) is 5.02. The molecule has 1 heterocycles. The number of methoxy groups -OCH3 is 1. The Balaban J connectivity index is 1.87. The zero-order valence-corrected chi connectivity index (χ0v) is 13.3. The van der Waals surface area contributed by atoms with E-state index in [-0.39, 0.29) is 0 Å². The zero-order chi connectivity index (χ0) is 16.2. The molecule has 5 heteroatoms. The maximum absolute atomic E-state index is 9.06. The Morgan fingerprint density at radius 1 is 1.22 bits per heavy atom. The lowest BCUT2D eigenvalue weighted by atomic mass is 10.1. The summed E-state index contributed by atoms with van der Waals surface area (Å²) in [5.41, 5.74) is 3.43. The highest BCUT2D eigenvalue weighted by molar-refractivity contribution is 6.32. The predicted octanol–water partition coefficient (Wildman–Crippen LogP) is 4.38. The van der Waals surface area contributed by atoms with E-state index in [9.17, 15) is 0 Å². The van der Waals surface area contributed by atoms with Gasteiger partial charge in [-0.2, -0.15) is 5.26 Å². The van der Waals surface area contributed by atoms with E-state index in [1.165, 1.54) is 0 Å². The van der Waals surface area contributed by atoms with Gasteiger partial charge in [-0.05, 0) is 42.0 Å². The fourth-order valence-electron chi connectivity index (χ4n) is 2.39. The van der Waals surface area contributed by atoms with Crippen molar-refractivity contribution in [2.75, 3.05) is 12.4 Å². The van der Waals surface area contributed by atoms with Crippen LogP contribution in [0.3, 0.4) is 0 Å². The van der Waals surface area contributed by atoms with Gasteiger partial charge in [0, 0.05) is 23.8 Å². The van der Waals surface area contributed by atoms with Crippen molar-refractivity contribution in [1.82, 2.24) is 4.98 Å². The monoisotopic (exact) mass is 323 g/mol. The molecule has 0 radical (unpaired) electrons. The Labute approximate surface area is 139 Å². The fourth-order valence-corrected chi connectivity index (χ4v) is 2.67. The van der Waals surface area contributed by atoms with Crippen LogP contribution in [0.4, 0.5) is 5.69 Å². The van der Waals surface area contributed by atoms with Gasteiger partial charge in [0.05, 0.1) is 29.3 Å². The molecule has 3 aromatic rings. The molecule has 0 amide bonds. The van der Waals surface area contributed by atoms with Crippen molar-refractivity contribution >= 4 is 28.2 Å². The number of nitrogens with zero attached hydrogens (tertiary/aromatic N) is 2. The van der Waals surface area contributed by atoms with Crippen LogP contribution in [-0.4, -0.2) is 12.1 Å². The number of anilines is 1. The molecule has 0 aliphatic carbocycles. The van der Waals surface area contributed by atoms with Gasteiger partial charge in [-0.1, -0.05) is 17.7 Å². The number of benzene rings is 2. The summed E-state index contributed by atoms with van der Waals surface area (Å²) in [6.45, 7) is 0.611. The Hall–Kier alpha value is -2.77. The van der Waals surface area contributed by atoms with Crippen LogP contribution in [0, 0.1) is 11.3 Å². The quantitative estimate of drug-likeness (QED) is 0.774. The number of rotatable bonds is 4. The first-order valence-electron chi connectivity index (χ1n) is 7.06. The summed E-state index contributed by atoms with van der Waals surface area (Å²) < 4.78 is 5.15. The maximum Gasteiger partial charge on any atom is 0.137 e. The molecule has 23 heavy (non-hydrogen) atoms. The fraction of sp³-hybridized carbons (Fsp3) is 0.111. The van der Waals surface area contributed by atoms with E-state index in [2.05, 4.69) is 16.4 Å². The molecule has 4 nitrogen and oxygen atoms in total. The third-order valence-electron chi connectivity index (χ3n) is 3.57. The van der Waals surface area contributed by atoms with Crippen LogP contribution in [0.25, 0.3) is 10.9 Å². The topological polar surface area (TPSA) is 57.9 Å². The highest BCUT2D eigenvalue weighted by atomic mass is 35.5. The number of aromatic nitrogens is 1. The normalized spacial score (nSPS) is 10.3. The molecular weight excluding hydrogens is 310 g/mol. The Morgan fingerprint density at radius 2 is 2.09 bits per heavy atom. The molecule has 0 spiro atoms. The first kappa shape index (κ1) is 15.1. The van der Waals surface area contributed by atoms with E-state index in [0.717, 1.165) is 22.2 Å². The Bertz CT molecular complexity index is 902. The van der Waals surface area contributed by atoms with Gasteiger partial charge in [0.1, 0.15) is 5.75 Å². The number of fused-ring (bicyclic) bond motifs is 1. The molecule has 0 bridgehead atoms. The molecule has 0 aliphatic heterocycles. The molecule has 0 saturated carbocycles. The highest BCUT2D eigenvalue weighted by Gasteiger charge is 2.05. The van der Waals surface area contributed by atoms with E-state index in [1.54, 1.807) is 19.4 Å². The average molecular weight is 324 g/mol. The maximum atomic E-state index is 9.06. The summed E-state index contributed by atoms with van der Waals surface area (Å²) >= 11 is 6.15. The SMILES string of the molecule is COc1ccc(CNc2ccnc3ccc(C#N)cc23)cc1Cl. The number of pyridine rings is 1. The zero-order valence-electron chi connectivity index (χ0n) is 12.5. The lowest BCUT2D eigenvalue weighted by Crippen LogP contribution is -2.01. The third kappa shape index (κ3) is 3.20. The molecule has 114 valence electrons. The molecule has 0 saturated heterocycles. The summed E-state index contributed by atoms with van der Waals surface area (Å²) in [6, 6.07) is 15.2. The second kappa shape index (κ2) is 6.55. The molecule has 1 aromatic heterocycles. The van der Waals surface area contributed by atoms with Crippen molar-refractivity contribution in [2.45, 2.75) is 6.54 Å². The van der Waals surface area contributed by atoms with Crippen LogP contribution < -0.4 is 10.1 Å². The van der Waals surface area contributed by atoms with Gasteiger partial charge >= 0.3 is 0 Å². The number of hydrogen-bond donors (Lipinski definition) is 1. The lowest BCUT2D eigenvalue weighted by molar-refractivity contribution is 0.415. The largest absolute Gasteiger partial charge is 0.495 e. The van der Waals surface area contributed by atoms with Gasteiger partial charge in [0.15, 0.2) is 0 Å². The summed E-state index contributed by atoms with van der Waals surface area (Å²) in [5.74, 6) is 0.656. The van der Waals surface area contributed by atoms with Crippen molar-refractivity contribution in [1.29, 1.82) is 5.26 Å². The smallest absolute Gasteiger partial charge is 0.137 e. The average Bonchev–Trinajstić information content (AvgIpc) is 2.59. The standard InChI is InChI=1S/C18H14ClN3O/c1-23-18-5-3-13(9-15(18)19)11-22-17-6-7-21-16-4-2-12(10-20)8-14(16)17/h2-9H,11H2,1H3,(H,21,22). The summed E-state index contributed by atoms with van der Waals surface area (Å²) in [5, 5.41) is 13.9. The van der Waals surface area contributed by atoms with Crippen LogP contribution in [0.5, 0.6) is 5.75 Å². The number of ether oxygens (including phenoxy) is 1. The third-order valence-corrected chi connectivity index (χ3v) is 3.87. The second-order valence-corrected chi connectivity index (χ2v) is 5.43. The van der Waals surface area contributed by atoms with Gasteiger partial charge in [-0.25, -0.2) is 0 Å². The van der Waals surface area contributed by atoms with Crippen molar-refractivity contribution in [3.63, 3.8) is 0 Å². The summed E-state index contributed by atoms with van der Waals surface area (Å²) in [6.07, 6.45) is 1.75. The number of nitrogens with one attached hydrogen (secondary N) is 1. The predicted molar refractivity (Wildman–Crippen MR) is 91.8 cm³/mol. The molecule has 3 rings (SSSR count). The van der Waals surface area contributed by atoms with E-state index in [1.807, 2.05) is 36.4 Å². The van der Waals surface area contributed by atoms with E-state index >= 15 is 0 Å². The van der Waals surface area contributed by atoms with Crippen LogP contribution in [0.1, 0.15) is 11.1 Å². The number of halogens is 1. The van der Waals surface area contributed by atoms with Gasteiger partial charge in [-0.15, -0.1) is 0 Å². The van der Waals surface area contributed by atoms with E-state index in [4.69, 9.17) is 21.6 Å². The van der Waals surface area contributed by atoms with Crippen molar-refractivity contribution in [3.8, 4) is 11.8 Å². The molecule has 0 fully saturated rings. The van der Waals surface area contributed by atoms with Gasteiger partial charge in [0.2, 0.25) is 0 Å². The van der Waals surface area contributed by atoms with Crippen LogP contribution in [-0.2, 0) is 6.54 Å². The van der Waals surface area contributed by atoms with Crippen LogP contribution >= 0.6 is 11.6 Å². The molecular formula is C18H14ClN3O. The van der Waals surface area contributed by atoms with Crippen molar-refractivity contribution in [3.05, 3.63) is 64.8 Å². The lowest BCUT2D eigenvalue weighted by Gasteiger charge is -2.11. The minimum atomic E-state index is 0.582. The minimum absolute atomic E-state index is 0.582. The van der Waals surface area contributed by atoms with Gasteiger partial charge < -0.3 is 10.1 Å². The van der Waals surface area contributed by atoms with E-state index in [0.29, 0.717) is 22.9 Å². The molecule has 0 unspecified atom stereocenters. The Kier molecular flexibility index (Phi) is 4.31. The molecule has 0 aliphatic rings. The molecule has 1 N–H and O–H groups in total. The first-order valence-corrected chi connectivity index (χ1v) is 7.44. The van der Waals surface area contributed by atoms with Crippen molar-refractivity contribution in [2.24, 2.45) is 0 Å². The number of nitriles is 1. The number of hydrogen-bond acceptors (Lipinski definition) is 4.